The lowest BCUT2D eigenvalue weighted by Crippen LogP contribution is -2.39. The number of carbonyl (C=O) groups excluding carboxylic acids is 2. The first-order valence-corrected chi connectivity index (χ1v) is 12.5. The van der Waals surface area contributed by atoms with Gasteiger partial charge in [0.1, 0.15) is 0 Å². The molecule has 1 aliphatic rings. The molecule has 3 aromatic rings. The maximum Gasteiger partial charge on any atom is 0.338 e. The van der Waals surface area contributed by atoms with Gasteiger partial charge >= 0.3 is 5.97 Å². The van der Waals surface area contributed by atoms with Crippen LogP contribution in [0.3, 0.4) is 0 Å². The van der Waals surface area contributed by atoms with Crippen molar-refractivity contribution in [1.82, 2.24) is 0 Å². The summed E-state index contributed by atoms with van der Waals surface area (Å²) >= 11 is 0. The summed E-state index contributed by atoms with van der Waals surface area (Å²) in [6.45, 7) is 4.10. The quantitative estimate of drug-likeness (QED) is 0.479. The number of benzene rings is 3. The third-order valence-electron chi connectivity index (χ3n) is 5.79. The number of esters is 1. The zero-order valence-electron chi connectivity index (χ0n) is 19.0. The topological polar surface area (TPSA) is 84.0 Å². The van der Waals surface area contributed by atoms with Crippen LogP contribution >= 0.6 is 0 Å². The number of amides is 1. The molecule has 1 aliphatic heterocycles. The van der Waals surface area contributed by atoms with Crippen LogP contribution < -0.4 is 9.21 Å². The van der Waals surface area contributed by atoms with Gasteiger partial charge in [-0.2, -0.15) is 0 Å². The van der Waals surface area contributed by atoms with Crippen molar-refractivity contribution in [2.24, 2.45) is 0 Å². The highest BCUT2D eigenvalue weighted by molar-refractivity contribution is 7.92. The predicted octanol–water partition coefficient (Wildman–Crippen LogP) is 4.04. The van der Waals surface area contributed by atoms with Crippen molar-refractivity contribution in [3.63, 3.8) is 0 Å². The fraction of sp³-hybridized carbons (Fsp3) is 0.231. The molecule has 0 saturated heterocycles. The Morgan fingerprint density at radius 2 is 1.62 bits per heavy atom. The summed E-state index contributed by atoms with van der Waals surface area (Å²) in [5, 5.41) is 0. The van der Waals surface area contributed by atoms with Crippen molar-refractivity contribution in [3.8, 4) is 0 Å². The molecule has 0 aromatic heterocycles. The van der Waals surface area contributed by atoms with E-state index >= 15 is 0 Å². The summed E-state index contributed by atoms with van der Waals surface area (Å²) in [7, 11) is -3.80. The molecule has 0 spiro atoms. The Bertz CT molecular complexity index is 1290. The van der Waals surface area contributed by atoms with E-state index in [1.165, 1.54) is 28.6 Å². The summed E-state index contributed by atoms with van der Waals surface area (Å²) < 4.78 is 32.9. The molecular formula is C26H26N2O5S. The summed E-state index contributed by atoms with van der Waals surface area (Å²) in [6, 6.07) is 22.0. The number of hydrogen-bond acceptors (Lipinski definition) is 5. The van der Waals surface area contributed by atoms with Crippen LogP contribution in [0.4, 0.5) is 11.4 Å². The Morgan fingerprint density at radius 3 is 2.29 bits per heavy atom. The van der Waals surface area contributed by atoms with E-state index in [1.54, 1.807) is 43.0 Å². The van der Waals surface area contributed by atoms with Crippen molar-refractivity contribution < 1.29 is 22.7 Å². The number of ether oxygens (including phenoxy) is 1. The molecule has 0 fully saturated rings. The first-order valence-electron chi connectivity index (χ1n) is 11.1. The van der Waals surface area contributed by atoms with E-state index in [9.17, 15) is 18.0 Å². The average Bonchev–Trinajstić information content (AvgIpc) is 3.28. The molecule has 0 radical (unpaired) electrons. The van der Waals surface area contributed by atoms with Crippen LogP contribution in [0.25, 0.3) is 0 Å². The minimum atomic E-state index is -3.80. The number of para-hydroxylation sites is 2. The van der Waals surface area contributed by atoms with Crippen molar-refractivity contribution >= 4 is 33.3 Å². The zero-order chi connectivity index (χ0) is 24.3. The van der Waals surface area contributed by atoms with Crippen LogP contribution in [0.1, 0.15) is 29.8 Å². The molecule has 0 N–H and O–H groups in total. The minimum Gasteiger partial charge on any atom is -0.449 e. The maximum absolute atomic E-state index is 13.1. The summed E-state index contributed by atoms with van der Waals surface area (Å²) in [5.74, 6) is -0.980. The van der Waals surface area contributed by atoms with Gasteiger partial charge in [-0.25, -0.2) is 13.2 Å². The molecule has 0 aliphatic carbocycles. The highest BCUT2D eigenvalue weighted by Crippen LogP contribution is 2.28. The van der Waals surface area contributed by atoms with Crippen molar-refractivity contribution in [3.05, 3.63) is 90.0 Å². The van der Waals surface area contributed by atoms with E-state index in [2.05, 4.69) is 0 Å². The number of hydrogen-bond donors (Lipinski definition) is 0. The molecule has 1 atom stereocenters. The van der Waals surface area contributed by atoms with Gasteiger partial charge in [-0.1, -0.05) is 36.4 Å². The first kappa shape index (κ1) is 23.5. The monoisotopic (exact) mass is 478 g/mol. The average molecular weight is 479 g/mol. The number of nitrogens with zero attached hydrogens (tertiary/aromatic N) is 2. The summed E-state index contributed by atoms with van der Waals surface area (Å²) in [6.07, 6.45) is -0.216. The first-order chi connectivity index (χ1) is 16.3. The van der Waals surface area contributed by atoms with Crippen molar-refractivity contribution in [1.29, 1.82) is 0 Å². The molecule has 0 saturated carbocycles. The number of carbonyl (C=O) groups is 2. The normalized spacial score (nSPS) is 13.8. The van der Waals surface area contributed by atoms with Crippen LogP contribution in [0, 0.1) is 0 Å². The van der Waals surface area contributed by atoms with Gasteiger partial charge in [0.15, 0.2) is 6.10 Å². The highest BCUT2D eigenvalue weighted by Gasteiger charge is 2.30. The fourth-order valence-electron chi connectivity index (χ4n) is 4.04. The highest BCUT2D eigenvalue weighted by atomic mass is 32.2. The molecule has 34 heavy (non-hydrogen) atoms. The third kappa shape index (κ3) is 4.54. The Labute approximate surface area is 199 Å². The smallest absolute Gasteiger partial charge is 0.338 e. The predicted molar refractivity (Wildman–Crippen MR) is 130 cm³/mol. The SMILES string of the molecule is CCN(c1ccccc1)S(=O)(=O)c1ccc(C(=O)OC(C)C(=O)N2CCc3ccccc32)cc1. The molecule has 3 aromatic carbocycles. The molecule has 1 amide bonds. The molecule has 176 valence electrons. The second-order valence-electron chi connectivity index (χ2n) is 7.95. The van der Waals surface area contributed by atoms with Gasteiger partial charge in [0, 0.05) is 18.8 Å². The van der Waals surface area contributed by atoms with Gasteiger partial charge < -0.3 is 9.64 Å². The van der Waals surface area contributed by atoms with E-state index in [-0.39, 0.29) is 22.9 Å². The Hall–Kier alpha value is -3.65. The van der Waals surface area contributed by atoms with E-state index in [0.29, 0.717) is 12.2 Å². The van der Waals surface area contributed by atoms with E-state index < -0.39 is 22.1 Å². The number of rotatable bonds is 7. The second-order valence-corrected chi connectivity index (χ2v) is 9.81. The number of sulfonamides is 1. The molecular weight excluding hydrogens is 452 g/mol. The van der Waals surface area contributed by atoms with Crippen LogP contribution in [0.5, 0.6) is 0 Å². The second kappa shape index (κ2) is 9.69. The van der Waals surface area contributed by atoms with E-state index in [4.69, 9.17) is 4.74 Å². The minimum absolute atomic E-state index is 0.0625. The van der Waals surface area contributed by atoms with Crippen LogP contribution in [0.15, 0.2) is 83.8 Å². The van der Waals surface area contributed by atoms with Gasteiger partial charge in [0.25, 0.3) is 15.9 Å². The Balaban J connectivity index is 1.45. The molecule has 0 bridgehead atoms. The van der Waals surface area contributed by atoms with E-state index in [1.807, 2.05) is 30.3 Å². The molecule has 8 heteroatoms. The van der Waals surface area contributed by atoms with E-state index in [0.717, 1.165) is 17.7 Å². The van der Waals surface area contributed by atoms with Crippen molar-refractivity contribution in [2.45, 2.75) is 31.3 Å². The van der Waals surface area contributed by atoms with Gasteiger partial charge in [-0.05, 0) is 68.3 Å². The standard InChI is InChI=1S/C26H26N2O5S/c1-3-28(22-10-5-4-6-11-22)34(31,32)23-15-13-21(14-16-23)26(30)33-19(2)25(29)27-18-17-20-9-7-8-12-24(20)27/h4-16,19H,3,17-18H2,1-2H3. The number of anilines is 2. The summed E-state index contributed by atoms with van der Waals surface area (Å²) in [5.41, 5.74) is 2.65. The lowest BCUT2D eigenvalue weighted by molar-refractivity contribution is -0.126. The largest absolute Gasteiger partial charge is 0.449 e. The van der Waals surface area contributed by atoms with Crippen LogP contribution in [0.2, 0.25) is 0 Å². The van der Waals surface area contributed by atoms with Gasteiger partial charge in [0.2, 0.25) is 0 Å². The lowest BCUT2D eigenvalue weighted by atomic mass is 10.2. The summed E-state index contributed by atoms with van der Waals surface area (Å²) in [4.78, 5) is 27.2. The number of fused-ring (bicyclic) bond motifs is 1. The van der Waals surface area contributed by atoms with Crippen LogP contribution in [-0.2, 0) is 26.0 Å². The van der Waals surface area contributed by atoms with Gasteiger partial charge in [-0.3, -0.25) is 9.10 Å². The van der Waals surface area contributed by atoms with Crippen LogP contribution in [-0.4, -0.2) is 39.5 Å². The fourth-order valence-corrected chi connectivity index (χ4v) is 5.52. The Morgan fingerprint density at radius 1 is 0.971 bits per heavy atom. The maximum atomic E-state index is 13.1. The molecule has 4 rings (SSSR count). The van der Waals surface area contributed by atoms with Gasteiger partial charge in [-0.15, -0.1) is 0 Å². The third-order valence-corrected chi connectivity index (χ3v) is 7.71. The van der Waals surface area contributed by atoms with Crippen molar-refractivity contribution in [2.75, 3.05) is 22.3 Å². The molecule has 1 heterocycles. The lowest BCUT2D eigenvalue weighted by Gasteiger charge is -2.23. The van der Waals surface area contributed by atoms with Gasteiger partial charge in [0.05, 0.1) is 16.1 Å². The molecule has 1 unspecified atom stereocenters. The molecule has 7 nitrogen and oxygen atoms in total. The Kier molecular flexibility index (Phi) is 6.70. The zero-order valence-corrected chi connectivity index (χ0v) is 19.9.